The Bertz CT molecular complexity index is 595. The van der Waals surface area contributed by atoms with Gasteiger partial charge < -0.3 is 0 Å². The summed E-state index contributed by atoms with van der Waals surface area (Å²) in [6.07, 6.45) is 2.41. The van der Waals surface area contributed by atoms with Crippen LogP contribution in [0.5, 0.6) is 0 Å². The lowest BCUT2D eigenvalue weighted by molar-refractivity contribution is 0.557. The van der Waals surface area contributed by atoms with Gasteiger partial charge in [-0.15, -0.1) is 0 Å². The maximum Gasteiger partial charge on any atom is 0.235 e. The van der Waals surface area contributed by atoms with Crippen LogP contribution in [-0.4, -0.2) is 6.08 Å². The van der Waals surface area contributed by atoms with Crippen LogP contribution in [0.3, 0.4) is 0 Å². The summed E-state index contributed by atoms with van der Waals surface area (Å²) in [4.78, 5) is 14.6. The summed E-state index contributed by atoms with van der Waals surface area (Å²) in [6, 6.07) is 16.3. The van der Waals surface area contributed by atoms with Crippen molar-refractivity contribution in [3.05, 3.63) is 70.8 Å². The van der Waals surface area contributed by atoms with Crippen LogP contribution in [0, 0.1) is 13.8 Å². The summed E-state index contributed by atoms with van der Waals surface area (Å²) in [5, 5.41) is 0. The third-order valence-electron chi connectivity index (χ3n) is 3.18. The normalized spacial score (nSPS) is 11.7. The molecule has 19 heavy (non-hydrogen) atoms. The lowest BCUT2D eigenvalue weighted by Gasteiger charge is -2.12. The van der Waals surface area contributed by atoms with E-state index in [0.29, 0.717) is 0 Å². The number of benzene rings is 2. The quantitative estimate of drug-likeness (QED) is 0.598. The molecule has 0 aliphatic rings. The van der Waals surface area contributed by atoms with Crippen LogP contribution in [0.4, 0.5) is 0 Å². The molecule has 0 saturated carbocycles. The van der Waals surface area contributed by atoms with Gasteiger partial charge in [-0.25, -0.2) is 4.79 Å². The van der Waals surface area contributed by atoms with Crippen molar-refractivity contribution in [2.45, 2.75) is 26.3 Å². The molecule has 0 saturated heterocycles. The number of isocyanates is 1. The van der Waals surface area contributed by atoms with Gasteiger partial charge in [0.15, 0.2) is 0 Å². The SMILES string of the molecule is Cc1ccc(C(Cc2cccc(C)c2)N=C=O)cc1. The zero-order valence-electron chi connectivity index (χ0n) is 11.3. The van der Waals surface area contributed by atoms with Crippen molar-refractivity contribution in [3.63, 3.8) is 0 Å². The minimum atomic E-state index is -0.153. The molecule has 1 unspecified atom stereocenters. The monoisotopic (exact) mass is 251 g/mol. The van der Waals surface area contributed by atoms with E-state index in [1.165, 1.54) is 16.7 Å². The zero-order valence-corrected chi connectivity index (χ0v) is 11.3. The molecular weight excluding hydrogens is 234 g/mol. The molecule has 0 amide bonds. The molecule has 0 N–H and O–H groups in total. The molecule has 0 aromatic heterocycles. The Morgan fingerprint density at radius 1 is 1.05 bits per heavy atom. The van der Waals surface area contributed by atoms with E-state index >= 15 is 0 Å². The predicted molar refractivity (Wildman–Crippen MR) is 76.9 cm³/mol. The predicted octanol–water partition coefficient (Wildman–Crippen LogP) is 3.92. The van der Waals surface area contributed by atoms with Crippen molar-refractivity contribution in [2.75, 3.05) is 0 Å². The maximum atomic E-state index is 10.6. The van der Waals surface area contributed by atoms with E-state index in [1.54, 1.807) is 6.08 Å². The van der Waals surface area contributed by atoms with Crippen LogP contribution in [0.15, 0.2) is 53.5 Å². The maximum absolute atomic E-state index is 10.6. The minimum Gasteiger partial charge on any atom is -0.211 e. The molecule has 0 spiro atoms. The van der Waals surface area contributed by atoms with Crippen LogP contribution in [-0.2, 0) is 11.2 Å². The first-order valence-electron chi connectivity index (χ1n) is 6.38. The average Bonchev–Trinajstić information content (AvgIpc) is 2.39. The Labute approximate surface area is 113 Å². The highest BCUT2D eigenvalue weighted by atomic mass is 16.1. The van der Waals surface area contributed by atoms with Gasteiger partial charge in [-0.05, 0) is 31.4 Å². The first-order valence-corrected chi connectivity index (χ1v) is 6.38. The summed E-state index contributed by atoms with van der Waals surface area (Å²) in [5.41, 5.74) is 4.66. The van der Waals surface area contributed by atoms with Crippen molar-refractivity contribution in [2.24, 2.45) is 4.99 Å². The van der Waals surface area contributed by atoms with Crippen LogP contribution >= 0.6 is 0 Å². The molecule has 2 nitrogen and oxygen atoms in total. The zero-order chi connectivity index (χ0) is 13.7. The summed E-state index contributed by atoms with van der Waals surface area (Å²) < 4.78 is 0. The summed E-state index contributed by atoms with van der Waals surface area (Å²) in [5.74, 6) is 0. The van der Waals surface area contributed by atoms with Crippen molar-refractivity contribution in [1.82, 2.24) is 0 Å². The van der Waals surface area contributed by atoms with Gasteiger partial charge in [0.05, 0.1) is 6.04 Å². The molecule has 96 valence electrons. The highest BCUT2D eigenvalue weighted by Crippen LogP contribution is 2.22. The molecular formula is C17H17NO. The average molecular weight is 251 g/mol. The molecule has 1 atom stereocenters. The van der Waals surface area contributed by atoms with Gasteiger partial charge in [0, 0.05) is 0 Å². The third-order valence-corrected chi connectivity index (χ3v) is 3.18. The molecule has 2 heteroatoms. The van der Waals surface area contributed by atoms with E-state index < -0.39 is 0 Å². The highest BCUT2D eigenvalue weighted by molar-refractivity contribution is 5.37. The molecule has 0 aliphatic carbocycles. The first kappa shape index (κ1) is 13.3. The standard InChI is InChI=1S/C17H17NO/c1-13-6-8-16(9-7-13)17(18-12-19)11-15-5-3-4-14(2)10-15/h3-10,17H,11H2,1-2H3. The minimum absolute atomic E-state index is 0.153. The lowest BCUT2D eigenvalue weighted by atomic mass is 9.98. The number of aryl methyl sites for hydroxylation is 2. The fraction of sp³-hybridized carbons (Fsp3) is 0.235. The molecule has 0 aliphatic heterocycles. The molecule has 0 heterocycles. The second-order valence-electron chi connectivity index (χ2n) is 4.84. The van der Waals surface area contributed by atoms with Crippen molar-refractivity contribution >= 4 is 6.08 Å². The van der Waals surface area contributed by atoms with Gasteiger partial charge in [-0.3, -0.25) is 0 Å². The topological polar surface area (TPSA) is 29.4 Å². The Morgan fingerprint density at radius 2 is 1.79 bits per heavy atom. The second-order valence-corrected chi connectivity index (χ2v) is 4.84. The number of hydrogen-bond donors (Lipinski definition) is 0. The summed E-state index contributed by atoms with van der Waals surface area (Å²) >= 11 is 0. The smallest absolute Gasteiger partial charge is 0.211 e. The van der Waals surface area contributed by atoms with E-state index in [0.717, 1.165) is 12.0 Å². The number of rotatable bonds is 4. The van der Waals surface area contributed by atoms with Gasteiger partial charge in [-0.1, -0.05) is 59.7 Å². The molecule has 2 aromatic carbocycles. The van der Waals surface area contributed by atoms with Gasteiger partial charge in [0.25, 0.3) is 0 Å². The van der Waals surface area contributed by atoms with E-state index in [9.17, 15) is 4.79 Å². The Hall–Kier alpha value is -2.18. The van der Waals surface area contributed by atoms with E-state index in [4.69, 9.17) is 0 Å². The Morgan fingerprint density at radius 3 is 2.42 bits per heavy atom. The molecule has 0 fully saturated rings. The van der Waals surface area contributed by atoms with E-state index in [1.807, 2.05) is 37.3 Å². The van der Waals surface area contributed by atoms with Crippen molar-refractivity contribution in [1.29, 1.82) is 0 Å². The number of hydrogen-bond acceptors (Lipinski definition) is 2. The number of aliphatic imine (C=N–C) groups is 1. The van der Waals surface area contributed by atoms with Crippen LogP contribution in [0.2, 0.25) is 0 Å². The fourth-order valence-corrected chi connectivity index (χ4v) is 2.15. The molecule has 2 aromatic rings. The number of nitrogens with zero attached hydrogens (tertiary/aromatic N) is 1. The number of carbonyl (C=O) groups excluding carboxylic acids is 1. The lowest BCUT2D eigenvalue weighted by Crippen LogP contribution is -2.00. The Balaban J connectivity index is 2.26. The molecule has 2 rings (SSSR count). The fourth-order valence-electron chi connectivity index (χ4n) is 2.15. The van der Waals surface area contributed by atoms with Crippen LogP contribution in [0.1, 0.15) is 28.3 Å². The van der Waals surface area contributed by atoms with Crippen LogP contribution < -0.4 is 0 Å². The van der Waals surface area contributed by atoms with Gasteiger partial charge >= 0.3 is 0 Å². The van der Waals surface area contributed by atoms with Crippen molar-refractivity contribution < 1.29 is 4.79 Å². The van der Waals surface area contributed by atoms with Gasteiger partial charge in [0.2, 0.25) is 6.08 Å². The summed E-state index contributed by atoms with van der Waals surface area (Å²) in [6.45, 7) is 4.11. The first-order chi connectivity index (χ1) is 9.19. The highest BCUT2D eigenvalue weighted by Gasteiger charge is 2.11. The second kappa shape index (κ2) is 6.12. The van der Waals surface area contributed by atoms with Crippen LogP contribution in [0.25, 0.3) is 0 Å². The van der Waals surface area contributed by atoms with Crippen molar-refractivity contribution in [3.8, 4) is 0 Å². The summed E-state index contributed by atoms with van der Waals surface area (Å²) in [7, 11) is 0. The molecule has 0 bridgehead atoms. The molecule has 0 radical (unpaired) electrons. The van der Waals surface area contributed by atoms with E-state index in [-0.39, 0.29) is 6.04 Å². The third kappa shape index (κ3) is 3.64. The van der Waals surface area contributed by atoms with Gasteiger partial charge in [0.1, 0.15) is 0 Å². The van der Waals surface area contributed by atoms with Gasteiger partial charge in [-0.2, -0.15) is 4.99 Å². The van der Waals surface area contributed by atoms with E-state index in [2.05, 4.69) is 30.1 Å². The Kier molecular flexibility index (Phi) is 4.27. The largest absolute Gasteiger partial charge is 0.235 e.